The lowest BCUT2D eigenvalue weighted by molar-refractivity contribution is -0.384. The van der Waals surface area contributed by atoms with E-state index < -0.39 is 0 Å². The molecule has 0 heterocycles. The van der Waals surface area contributed by atoms with Gasteiger partial charge in [-0.15, -0.1) is 0 Å². The molecule has 17 heavy (non-hydrogen) atoms. The first-order valence-corrected chi connectivity index (χ1v) is 6.03. The van der Waals surface area contributed by atoms with E-state index in [1.54, 1.807) is 12.1 Å². The number of nitro groups is 1. The maximum Gasteiger partial charge on any atom is 0.269 e. The van der Waals surface area contributed by atoms with E-state index in [1.165, 1.54) is 12.5 Å². The standard InChI is InChI=1S/C13H20N2O2/c1-11(2)5-4-8-14-10-12-6-3-7-13(9-12)15(16)17/h3,6-7,9,11,14H,4-5,8,10H2,1-2H3. The average molecular weight is 236 g/mol. The summed E-state index contributed by atoms with van der Waals surface area (Å²) in [5.41, 5.74) is 1.12. The van der Waals surface area contributed by atoms with Crippen molar-refractivity contribution in [2.45, 2.75) is 33.2 Å². The van der Waals surface area contributed by atoms with Crippen molar-refractivity contribution in [3.05, 3.63) is 39.9 Å². The van der Waals surface area contributed by atoms with Gasteiger partial charge in [-0.05, 0) is 30.9 Å². The molecular weight excluding hydrogens is 216 g/mol. The topological polar surface area (TPSA) is 55.2 Å². The molecule has 0 amide bonds. The number of hydrogen-bond donors (Lipinski definition) is 1. The Morgan fingerprint density at radius 3 is 2.82 bits per heavy atom. The molecule has 0 saturated carbocycles. The van der Waals surface area contributed by atoms with E-state index in [9.17, 15) is 10.1 Å². The molecule has 1 N–H and O–H groups in total. The molecule has 0 aliphatic heterocycles. The fourth-order valence-electron chi connectivity index (χ4n) is 1.65. The quantitative estimate of drug-likeness (QED) is 0.449. The Morgan fingerprint density at radius 1 is 1.41 bits per heavy atom. The largest absolute Gasteiger partial charge is 0.313 e. The number of non-ortho nitro benzene ring substituents is 1. The van der Waals surface area contributed by atoms with Crippen LogP contribution in [0.15, 0.2) is 24.3 Å². The molecule has 0 aromatic heterocycles. The fraction of sp³-hybridized carbons (Fsp3) is 0.538. The van der Waals surface area contributed by atoms with E-state index in [1.807, 2.05) is 6.07 Å². The molecular formula is C13H20N2O2. The van der Waals surface area contributed by atoms with Crippen molar-refractivity contribution in [1.82, 2.24) is 5.32 Å². The second kappa shape index (κ2) is 7.01. The van der Waals surface area contributed by atoms with E-state index in [0.717, 1.165) is 24.4 Å². The van der Waals surface area contributed by atoms with E-state index in [2.05, 4.69) is 19.2 Å². The summed E-state index contributed by atoms with van der Waals surface area (Å²) in [6, 6.07) is 6.77. The van der Waals surface area contributed by atoms with E-state index in [0.29, 0.717) is 6.54 Å². The van der Waals surface area contributed by atoms with Crippen molar-refractivity contribution in [2.24, 2.45) is 5.92 Å². The predicted octanol–water partition coefficient (Wildman–Crippen LogP) is 3.12. The van der Waals surface area contributed by atoms with Crippen molar-refractivity contribution >= 4 is 5.69 Å². The van der Waals surface area contributed by atoms with Gasteiger partial charge in [0.2, 0.25) is 0 Å². The summed E-state index contributed by atoms with van der Waals surface area (Å²) >= 11 is 0. The van der Waals surface area contributed by atoms with Crippen LogP contribution < -0.4 is 5.32 Å². The molecule has 1 rings (SSSR count). The van der Waals surface area contributed by atoms with Gasteiger partial charge in [0.05, 0.1) is 4.92 Å². The van der Waals surface area contributed by atoms with Crippen LogP contribution in [0.2, 0.25) is 0 Å². The Kier molecular flexibility index (Phi) is 5.63. The third-order valence-electron chi connectivity index (χ3n) is 2.59. The van der Waals surface area contributed by atoms with E-state index >= 15 is 0 Å². The SMILES string of the molecule is CC(C)CCCNCc1cccc([N+](=O)[O-])c1. The first-order valence-electron chi connectivity index (χ1n) is 6.03. The van der Waals surface area contributed by atoms with Crippen LogP contribution >= 0.6 is 0 Å². The van der Waals surface area contributed by atoms with Gasteiger partial charge in [0.15, 0.2) is 0 Å². The zero-order valence-corrected chi connectivity index (χ0v) is 10.5. The third kappa shape index (κ3) is 5.45. The van der Waals surface area contributed by atoms with Crippen molar-refractivity contribution in [2.75, 3.05) is 6.54 Å². The highest BCUT2D eigenvalue weighted by molar-refractivity contribution is 5.34. The van der Waals surface area contributed by atoms with Crippen molar-refractivity contribution in [3.63, 3.8) is 0 Å². The molecule has 1 aromatic carbocycles. The molecule has 0 bridgehead atoms. The number of hydrogen-bond acceptors (Lipinski definition) is 3. The molecule has 0 spiro atoms. The molecule has 0 aliphatic carbocycles. The Hall–Kier alpha value is -1.42. The van der Waals surface area contributed by atoms with E-state index in [4.69, 9.17) is 0 Å². The molecule has 1 aromatic rings. The highest BCUT2D eigenvalue weighted by atomic mass is 16.6. The third-order valence-corrected chi connectivity index (χ3v) is 2.59. The van der Waals surface area contributed by atoms with Gasteiger partial charge in [-0.25, -0.2) is 0 Å². The fourth-order valence-corrected chi connectivity index (χ4v) is 1.65. The minimum absolute atomic E-state index is 0.159. The molecule has 0 atom stereocenters. The zero-order chi connectivity index (χ0) is 12.7. The Balaban J connectivity index is 2.31. The van der Waals surface area contributed by atoms with Crippen molar-refractivity contribution in [1.29, 1.82) is 0 Å². The summed E-state index contributed by atoms with van der Waals surface area (Å²) in [5, 5.41) is 13.9. The Bertz CT molecular complexity index is 364. The van der Waals surface area contributed by atoms with Gasteiger partial charge < -0.3 is 5.32 Å². The highest BCUT2D eigenvalue weighted by Crippen LogP contribution is 2.12. The molecule has 94 valence electrons. The van der Waals surface area contributed by atoms with Crippen molar-refractivity contribution < 1.29 is 4.92 Å². The smallest absolute Gasteiger partial charge is 0.269 e. The number of benzene rings is 1. The van der Waals surface area contributed by atoms with Gasteiger partial charge in [-0.1, -0.05) is 26.0 Å². The Labute approximate surface area is 102 Å². The number of nitrogens with zero attached hydrogens (tertiary/aromatic N) is 1. The lowest BCUT2D eigenvalue weighted by Gasteiger charge is -2.06. The zero-order valence-electron chi connectivity index (χ0n) is 10.5. The minimum atomic E-state index is -0.359. The predicted molar refractivity (Wildman–Crippen MR) is 68.9 cm³/mol. The van der Waals surface area contributed by atoms with Crippen molar-refractivity contribution in [3.8, 4) is 0 Å². The van der Waals surface area contributed by atoms with Crippen LogP contribution in [0.5, 0.6) is 0 Å². The molecule has 4 nitrogen and oxygen atoms in total. The molecule has 0 unspecified atom stereocenters. The molecule has 4 heteroatoms. The lowest BCUT2D eigenvalue weighted by atomic mass is 10.1. The van der Waals surface area contributed by atoms with Gasteiger partial charge in [-0.3, -0.25) is 10.1 Å². The molecule has 0 fully saturated rings. The van der Waals surface area contributed by atoms with Crippen LogP contribution in [0.4, 0.5) is 5.69 Å². The Morgan fingerprint density at radius 2 is 2.18 bits per heavy atom. The van der Waals surface area contributed by atoms with Gasteiger partial charge in [0, 0.05) is 18.7 Å². The first kappa shape index (κ1) is 13.6. The monoisotopic (exact) mass is 236 g/mol. The van der Waals surface area contributed by atoms with Gasteiger partial charge in [0.1, 0.15) is 0 Å². The maximum atomic E-state index is 10.6. The second-order valence-corrected chi connectivity index (χ2v) is 4.64. The summed E-state index contributed by atoms with van der Waals surface area (Å²) in [4.78, 5) is 10.2. The van der Waals surface area contributed by atoms with Gasteiger partial charge in [-0.2, -0.15) is 0 Å². The van der Waals surface area contributed by atoms with Crippen LogP contribution in [0, 0.1) is 16.0 Å². The van der Waals surface area contributed by atoms with Gasteiger partial charge >= 0.3 is 0 Å². The van der Waals surface area contributed by atoms with Crippen LogP contribution in [0.25, 0.3) is 0 Å². The van der Waals surface area contributed by atoms with Crippen LogP contribution in [-0.2, 0) is 6.54 Å². The van der Waals surface area contributed by atoms with Crippen LogP contribution in [-0.4, -0.2) is 11.5 Å². The number of nitro benzene ring substituents is 1. The van der Waals surface area contributed by atoms with Crippen LogP contribution in [0.3, 0.4) is 0 Å². The minimum Gasteiger partial charge on any atom is -0.313 e. The number of nitrogens with one attached hydrogen (secondary N) is 1. The van der Waals surface area contributed by atoms with Crippen LogP contribution in [0.1, 0.15) is 32.3 Å². The average Bonchev–Trinajstić information content (AvgIpc) is 2.28. The summed E-state index contributed by atoms with van der Waals surface area (Å²) in [6.07, 6.45) is 2.36. The highest BCUT2D eigenvalue weighted by Gasteiger charge is 2.04. The normalized spacial score (nSPS) is 10.8. The molecule has 0 radical (unpaired) electrons. The summed E-state index contributed by atoms with van der Waals surface area (Å²) < 4.78 is 0. The molecule has 0 saturated heterocycles. The maximum absolute atomic E-state index is 10.6. The number of rotatable bonds is 7. The molecule has 0 aliphatic rings. The second-order valence-electron chi connectivity index (χ2n) is 4.64. The summed E-state index contributed by atoms with van der Waals surface area (Å²) in [5.74, 6) is 0.731. The summed E-state index contributed by atoms with van der Waals surface area (Å²) in [7, 11) is 0. The lowest BCUT2D eigenvalue weighted by Crippen LogP contribution is -2.15. The first-order chi connectivity index (χ1) is 8.09. The van der Waals surface area contributed by atoms with Gasteiger partial charge in [0.25, 0.3) is 5.69 Å². The summed E-state index contributed by atoms with van der Waals surface area (Å²) in [6.45, 7) is 6.07. The van der Waals surface area contributed by atoms with E-state index in [-0.39, 0.29) is 10.6 Å².